The summed E-state index contributed by atoms with van der Waals surface area (Å²) in [6.07, 6.45) is 3.63. The van der Waals surface area contributed by atoms with E-state index in [9.17, 15) is 14.4 Å². The smallest absolute Gasteiger partial charge is 0.341 e. The van der Waals surface area contributed by atoms with Crippen LogP contribution >= 0.6 is 11.3 Å². The van der Waals surface area contributed by atoms with Gasteiger partial charge in [-0.15, -0.1) is 11.3 Å². The minimum absolute atomic E-state index is 0.0722. The number of carbonyl (C=O) groups is 3. The number of esters is 1. The molecule has 1 heterocycles. The van der Waals surface area contributed by atoms with Crippen LogP contribution in [0.1, 0.15) is 41.1 Å². The Bertz CT molecular complexity index is 689. The topological polar surface area (TPSA) is 92.7 Å². The number of fused-ring (bicyclic) bond motifs is 1. The SMILES string of the molecule is COC(=O)c1c(NC(=O)C=C(C)C(=O)O)sc2c1CCC(C)C2. The van der Waals surface area contributed by atoms with Crippen molar-refractivity contribution in [2.24, 2.45) is 5.92 Å². The van der Waals surface area contributed by atoms with Crippen LogP contribution in [0.5, 0.6) is 0 Å². The van der Waals surface area contributed by atoms with Crippen LogP contribution in [-0.2, 0) is 27.2 Å². The van der Waals surface area contributed by atoms with Crippen LogP contribution in [0.25, 0.3) is 0 Å². The molecule has 1 aliphatic rings. The number of anilines is 1. The van der Waals surface area contributed by atoms with Gasteiger partial charge in [0, 0.05) is 16.5 Å². The lowest BCUT2D eigenvalue weighted by Crippen LogP contribution is -2.15. The van der Waals surface area contributed by atoms with Gasteiger partial charge in [0.2, 0.25) is 5.91 Å². The second kappa shape index (κ2) is 6.95. The Balaban J connectivity index is 2.35. The van der Waals surface area contributed by atoms with E-state index in [0.29, 0.717) is 16.5 Å². The van der Waals surface area contributed by atoms with Gasteiger partial charge in [0.15, 0.2) is 0 Å². The number of carboxylic acids is 1. The third-order valence-electron chi connectivity index (χ3n) is 3.82. The van der Waals surface area contributed by atoms with Crippen molar-refractivity contribution in [3.63, 3.8) is 0 Å². The third-order valence-corrected chi connectivity index (χ3v) is 4.99. The Morgan fingerprint density at radius 1 is 1.39 bits per heavy atom. The van der Waals surface area contributed by atoms with Crippen molar-refractivity contribution in [3.05, 3.63) is 27.7 Å². The van der Waals surface area contributed by atoms with E-state index in [2.05, 4.69) is 12.2 Å². The molecule has 6 nitrogen and oxygen atoms in total. The van der Waals surface area contributed by atoms with Crippen LogP contribution in [0.2, 0.25) is 0 Å². The highest BCUT2D eigenvalue weighted by atomic mass is 32.1. The van der Waals surface area contributed by atoms with Gasteiger partial charge in [0.25, 0.3) is 0 Å². The number of carbonyl (C=O) groups excluding carboxylic acids is 2. The van der Waals surface area contributed by atoms with Crippen LogP contribution in [0.4, 0.5) is 5.00 Å². The van der Waals surface area contributed by atoms with E-state index in [1.165, 1.54) is 25.4 Å². The lowest BCUT2D eigenvalue weighted by molar-refractivity contribution is -0.132. The number of hydrogen-bond acceptors (Lipinski definition) is 5. The molecule has 0 aromatic carbocycles. The van der Waals surface area contributed by atoms with Gasteiger partial charge in [-0.1, -0.05) is 6.92 Å². The Morgan fingerprint density at radius 3 is 2.70 bits per heavy atom. The summed E-state index contributed by atoms with van der Waals surface area (Å²) in [5, 5.41) is 11.9. The zero-order chi connectivity index (χ0) is 17.1. The van der Waals surface area contributed by atoms with Crippen molar-refractivity contribution < 1.29 is 24.2 Å². The normalized spacial score (nSPS) is 17.3. The maximum atomic E-state index is 12.1. The zero-order valence-corrected chi connectivity index (χ0v) is 14.1. The summed E-state index contributed by atoms with van der Waals surface area (Å²) in [6.45, 7) is 3.49. The fraction of sp³-hybridized carbons (Fsp3) is 0.438. The number of rotatable bonds is 4. The second-order valence-corrected chi connectivity index (χ2v) is 6.77. The standard InChI is InChI=1S/C16H19NO5S/c1-8-4-5-10-11(6-8)23-14(13(10)16(21)22-3)17-12(18)7-9(2)15(19)20/h7-8H,4-6H2,1-3H3,(H,17,18)(H,19,20). The summed E-state index contributed by atoms with van der Waals surface area (Å²) < 4.78 is 4.84. The molecule has 0 saturated carbocycles. The number of amides is 1. The number of carboxylic acid groups (broad SMARTS) is 1. The maximum absolute atomic E-state index is 12.1. The first-order chi connectivity index (χ1) is 10.8. The molecule has 0 saturated heterocycles. The van der Waals surface area contributed by atoms with Gasteiger partial charge in [0.1, 0.15) is 5.00 Å². The Hall–Kier alpha value is -2.15. The number of hydrogen-bond donors (Lipinski definition) is 2. The van der Waals surface area contributed by atoms with Crippen LogP contribution < -0.4 is 5.32 Å². The molecular formula is C16H19NO5S. The van der Waals surface area contributed by atoms with Crippen molar-refractivity contribution in [1.82, 2.24) is 0 Å². The molecule has 124 valence electrons. The Morgan fingerprint density at radius 2 is 2.09 bits per heavy atom. The summed E-state index contributed by atoms with van der Waals surface area (Å²) in [5.41, 5.74) is 1.26. The molecule has 1 aromatic heterocycles. The van der Waals surface area contributed by atoms with E-state index in [1.54, 1.807) is 0 Å². The number of methoxy groups -OCH3 is 1. The molecule has 2 rings (SSSR count). The zero-order valence-electron chi connectivity index (χ0n) is 13.3. The monoisotopic (exact) mass is 337 g/mol. The summed E-state index contributed by atoms with van der Waals surface area (Å²) in [6, 6.07) is 0. The molecule has 1 atom stereocenters. The van der Waals surface area contributed by atoms with E-state index in [4.69, 9.17) is 9.84 Å². The minimum atomic E-state index is -1.16. The molecule has 0 bridgehead atoms. The lowest BCUT2D eigenvalue weighted by atomic mass is 9.88. The molecular weight excluding hydrogens is 318 g/mol. The van der Waals surface area contributed by atoms with Gasteiger partial charge in [-0.2, -0.15) is 0 Å². The molecule has 1 aromatic rings. The number of nitrogens with one attached hydrogen (secondary N) is 1. The first-order valence-electron chi connectivity index (χ1n) is 7.28. The van der Waals surface area contributed by atoms with Crippen molar-refractivity contribution >= 4 is 34.2 Å². The fourth-order valence-corrected chi connectivity index (χ4v) is 3.96. The van der Waals surface area contributed by atoms with Gasteiger partial charge in [-0.25, -0.2) is 9.59 Å². The third kappa shape index (κ3) is 3.79. The van der Waals surface area contributed by atoms with Gasteiger partial charge in [-0.3, -0.25) is 4.79 Å². The predicted molar refractivity (Wildman–Crippen MR) is 86.9 cm³/mol. The van der Waals surface area contributed by atoms with Crippen LogP contribution in [0.15, 0.2) is 11.6 Å². The molecule has 0 aliphatic heterocycles. The van der Waals surface area contributed by atoms with E-state index < -0.39 is 17.8 Å². The van der Waals surface area contributed by atoms with Crippen LogP contribution in [0, 0.1) is 5.92 Å². The molecule has 0 radical (unpaired) electrons. The summed E-state index contributed by atoms with van der Waals surface area (Å²) in [5.74, 6) is -1.68. The van der Waals surface area contributed by atoms with E-state index in [0.717, 1.165) is 35.8 Å². The fourth-order valence-electron chi connectivity index (χ4n) is 2.56. The Labute approximate surface area is 138 Å². The average molecular weight is 337 g/mol. The summed E-state index contributed by atoms with van der Waals surface area (Å²) >= 11 is 1.36. The highest BCUT2D eigenvalue weighted by molar-refractivity contribution is 7.17. The van der Waals surface area contributed by atoms with Crippen LogP contribution in [0.3, 0.4) is 0 Å². The molecule has 2 N–H and O–H groups in total. The molecule has 7 heteroatoms. The predicted octanol–water partition coefficient (Wildman–Crippen LogP) is 2.63. The first kappa shape index (κ1) is 17.2. The number of aliphatic carboxylic acids is 1. The quantitative estimate of drug-likeness (QED) is 0.651. The van der Waals surface area contributed by atoms with Gasteiger partial charge in [-0.05, 0) is 37.7 Å². The molecule has 0 fully saturated rings. The van der Waals surface area contributed by atoms with Gasteiger partial charge >= 0.3 is 11.9 Å². The van der Waals surface area contributed by atoms with Gasteiger partial charge < -0.3 is 15.2 Å². The van der Waals surface area contributed by atoms with E-state index >= 15 is 0 Å². The van der Waals surface area contributed by atoms with Gasteiger partial charge in [0.05, 0.1) is 12.7 Å². The summed E-state index contributed by atoms with van der Waals surface area (Å²) in [4.78, 5) is 35.9. The molecule has 0 spiro atoms. The minimum Gasteiger partial charge on any atom is -0.478 e. The highest BCUT2D eigenvalue weighted by Gasteiger charge is 2.28. The average Bonchev–Trinajstić information content (AvgIpc) is 2.82. The molecule has 1 aliphatic carbocycles. The van der Waals surface area contributed by atoms with Crippen molar-refractivity contribution in [1.29, 1.82) is 0 Å². The van der Waals surface area contributed by atoms with Crippen molar-refractivity contribution in [2.75, 3.05) is 12.4 Å². The van der Waals surface area contributed by atoms with Crippen LogP contribution in [-0.4, -0.2) is 30.1 Å². The highest BCUT2D eigenvalue weighted by Crippen LogP contribution is 2.40. The Kier molecular flexibility index (Phi) is 5.20. The lowest BCUT2D eigenvalue weighted by Gasteiger charge is -2.18. The molecule has 1 amide bonds. The van der Waals surface area contributed by atoms with Crippen molar-refractivity contribution in [3.8, 4) is 0 Å². The number of thiophene rings is 1. The second-order valence-electron chi connectivity index (χ2n) is 5.67. The molecule has 23 heavy (non-hydrogen) atoms. The molecule has 1 unspecified atom stereocenters. The summed E-state index contributed by atoms with van der Waals surface area (Å²) in [7, 11) is 1.30. The van der Waals surface area contributed by atoms with E-state index in [-0.39, 0.29) is 5.57 Å². The first-order valence-corrected chi connectivity index (χ1v) is 8.10. The largest absolute Gasteiger partial charge is 0.478 e. The number of ether oxygens (including phenoxy) is 1. The van der Waals surface area contributed by atoms with E-state index in [1.807, 2.05) is 0 Å². The maximum Gasteiger partial charge on any atom is 0.341 e. The van der Waals surface area contributed by atoms with Crippen molar-refractivity contribution in [2.45, 2.75) is 33.1 Å².